The molecule has 4 rings (SSSR count). The van der Waals surface area contributed by atoms with Gasteiger partial charge in [-0.2, -0.15) is 0 Å². The molecule has 1 aliphatic heterocycles. The molecule has 0 spiro atoms. The predicted octanol–water partition coefficient (Wildman–Crippen LogP) is 4.34. The molecule has 1 amide bonds. The molecule has 5 N–H and O–H groups in total. The van der Waals surface area contributed by atoms with Gasteiger partial charge in [-0.05, 0) is 73.2 Å². The Morgan fingerprint density at radius 1 is 1.02 bits per heavy atom. The second kappa shape index (κ2) is 14.2. The molecule has 0 atom stereocenters. The summed E-state index contributed by atoms with van der Waals surface area (Å²) >= 11 is 0. The summed E-state index contributed by atoms with van der Waals surface area (Å²) in [6, 6.07) is 22.5. The molecule has 0 aliphatic carbocycles. The lowest BCUT2D eigenvalue weighted by Gasteiger charge is -2.33. The summed E-state index contributed by atoms with van der Waals surface area (Å²) in [5, 5.41) is 18.7. The molecule has 1 heterocycles. The van der Waals surface area contributed by atoms with Gasteiger partial charge in [0.2, 0.25) is 5.91 Å². The largest absolute Gasteiger partial charge is 0.482 e. The molecule has 10 heteroatoms. The van der Waals surface area contributed by atoms with Crippen molar-refractivity contribution in [3.8, 4) is 5.75 Å². The van der Waals surface area contributed by atoms with Gasteiger partial charge in [0.05, 0.1) is 19.5 Å². The molecule has 3 aromatic carbocycles. The Balaban J connectivity index is 1.45. The molecule has 0 radical (unpaired) electrons. The number of benzene rings is 3. The number of nitrogens with one attached hydrogen (secondary N) is 3. The minimum absolute atomic E-state index is 0.0534. The van der Waals surface area contributed by atoms with Crippen molar-refractivity contribution in [1.29, 1.82) is 10.8 Å². The summed E-state index contributed by atoms with van der Waals surface area (Å²) in [5.74, 6) is 0.853. The van der Waals surface area contributed by atoms with E-state index in [0.717, 1.165) is 37.2 Å². The van der Waals surface area contributed by atoms with Crippen molar-refractivity contribution in [2.75, 3.05) is 43.6 Å². The first kappa shape index (κ1) is 30.1. The first-order valence-electron chi connectivity index (χ1n) is 13.9. The van der Waals surface area contributed by atoms with E-state index in [4.69, 9.17) is 21.3 Å². The van der Waals surface area contributed by atoms with Crippen LogP contribution in [0.25, 0.3) is 0 Å². The Morgan fingerprint density at radius 2 is 1.74 bits per heavy atom. The molecule has 1 fully saturated rings. The third-order valence-electron chi connectivity index (χ3n) is 7.35. The first-order valence-corrected chi connectivity index (χ1v) is 13.9. The van der Waals surface area contributed by atoms with Gasteiger partial charge in [-0.1, -0.05) is 36.4 Å². The fraction of sp³-hybridized carbons (Fsp3) is 0.312. The number of carbonyl (C=O) groups is 2. The number of methoxy groups -OCH3 is 1. The third kappa shape index (κ3) is 8.33. The number of ether oxygens (including phenoxy) is 2. The van der Waals surface area contributed by atoms with Crippen LogP contribution in [0.2, 0.25) is 0 Å². The Hall–Kier alpha value is -4.86. The summed E-state index contributed by atoms with van der Waals surface area (Å²) in [4.78, 5) is 28.7. The van der Waals surface area contributed by atoms with Crippen molar-refractivity contribution in [3.63, 3.8) is 0 Å². The standard InChI is InChI=1S/C32H38N6O4/c1-22(33)37-15-13-25(14-16-37)24-9-11-27(12-10-24)36-30(39)20-38(28-7-4-6-26(18-28)32(34)35)19-23-5-3-8-29(17-23)42-21-31(40)41-2/h3-12,17-18,25,33H,13-16,19-21H2,1-2H3,(H3,34,35)(H,36,39). The number of carbonyl (C=O) groups excluding carboxylic acids is 2. The molecule has 0 unspecified atom stereocenters. The van der Waals surface area contributed by atoms with Crippen LogP contribution in [0.3, 0.4) is 0 Å². The molecule has 10 nitrogen and oxygen atoms in total. The van der Waals surface area contributed by atoms with Crippen LogP contribution in [-0.2, 0) is 20.9 Å². The van der Waals surface area contributed by atoms with Crippen molar-refractivity contribution in [2.24, 2.45) is 5.73 Å². The Labute approximate surface area is 246 Å². The van der Waals surface area contributed by atoms with Gasteiger partial charge in [0.1, 0.15) is 11.6 Å². The van der Waals surface area contributed by atoms with Crippen LogP contribution >= 0.6 is 0 Å². The SMILES string of the molecule is COC(=O)COc1cccc(CN(CC(=O)Nc2ccc(C3CCN(C(C)=N)CC3)cc2)c2cccc(C(=N)N)c2)c1. The molecule has 0 bridgehead atoms. The van der Waals surface area contributed by atoms with Gasteiger partial charge < -0.3 is 30.3 Å². The molecular formula is C32H38N6O4. The highest BCUT2D eigenvalue weighted by molar-refractivity contribution is 5.97. The highest BCUT2D eigenvalue weighted by atomic mass is 16.6. The van der Waals surface area contributed by atoms with Crippen molar-refractivity contribution in [1.82, 2.24) is 4.90 Å². The Bertz CT molecular complexity index is 1420. The average molecular weight is 571 g/mol. The number of hydrogen-bond donors (Lipinski definition) is 4. The summed E-state index contributed by atoms with van der Waals surface area (Å²) in [6.45, 7) is 3.83. The van der Waals surface area contributed by atoms with Gasteiger partial charge in [-0.3, -0.25) is 15.6 Å². The van der Waals surface area contributed by atoms with E-state index in [1.807, 2.05) is 48.2 Å². The zero-order chi connectivity index (χ0) is 30.1. The lowest BCUT2D eigenvalue weighted by atomic mass is 9.89. The smallest absolute Gasteiger partial charge is 0.343 e. The van der Waals surface area contributed by atoms with Gasteiger partial charge >= 0.3 is 5.97 Å². The summed E-state index contributed by atoms with van der Waals surface area (Å²) in [6.07, 6.45) is 2.01. The minimum Gasteiger partial charge on any atom is -0.482 e. The molecule has 220 valence electrons. The number of likely N-dealkylation sites (tertiary alicyclic amines) is 1. The van der Waals surface area contributed by atoms with Gasteiger partial charge in [0.15, 0.2) is 6.61 Å². The second-order valence-electron chi connectivity index (χ2n) is 10.3. The zero-order valence-corrected chi connectivity index (χ0v) is 24.1. The maximum Gasteiger partial charge on any atom is 0.343 e. The summed E-state index contributed by atoms with van der Waals surface area (Å²) in [5.41, 5.74) is 9.86. The lowest BCUT2D eigenvalue weighted by Crippen LogP contribution is -2.36. The van der Waals surface area contributed by atoms with Crippen molar-refractivity contribution < 1.29 is 19.1 Å². The number of piperidine rings is 1. The van der Waals surface area contributed by atoms with Crippen LogP contribution in [0.4, 0.5) is 11.4 Å². The first-order chi connectivity index (χ1) is 20.2. The van der Waals surface area contributed by atoms with E-state index >= 15 is 0 Å². The van der Waals surface area contributed by atoms with E-state index in [1.165, 1.54) is 12.7 Å². The maximum absolute atomic E-state index is 13.2. The van der Waals surface area contributed by atoms with Crippen molar-refractivity contribution >= 4 is 34.9 Å². The van der Waals surface area contributed by atoms with Crippen molar-refractivity contribution in [2.45, 2.75) is 32.2 Å². The molecular weight excluding hydrogens is 532 g/mol. The summed E-state index contributed by atoms with van der Waals surface area (Å²) < 4.78 is 10.2. The normalized spacial score (nSPS) is 13.2. The number of nitrogens with zero attached hydrogens (tertiary/aromatic N) is 2. The fourth-order valence-electron chi connectivity index (χ4n) is 5.02. The lowest BCUT2D eigenvalue weighted by molar-refractivity contribution is -0.142. The van der Waals surface area contributed by atoms with E-state index in [1.54, 1.807) is 24.3 Å². The molecule has 1 saturated heterocycles. The topological polar surface area (TPSA) is 145 Å². The van der Waals surface area contributed by atoms with Gasteiger partial charge in [0.25, 0.3) is 0 Å². The number of esters is 1. The number of rotatable bonds is 11. The number of amidine groups is 2. The van der Waals surface area contributed by atoms with Crippen LogP contribution in [0.15, 0.2) is 72.8 Å². The van der Waals surface area contributed by atoms with Gasteiger partial charge in [-0.25, -0.2) is 4.79 Å². The molecule has 0 saturated carbocycles. The highest BCUT2D eigenvalue weighted by Crippen LogP contribution is 2.29. The minimum atomic E-state index is -0.476. The average Bonchev–Trinajstić information content (AvgIpc) is 3.00. The molecule has 0 aromatic heterocycles. The second-order valence-corrected chi connectivity index (χ2v) is 10.3. The van der Waals surface area contributed by atoms with E-state index < -0.39 is 5.97 Å². The van der Waals surface area contributed by atoms with E-state index in [0.29, 0.717) is 35.3 Å². The number of nitrogens with two attached hydrogens (primary N) is 1. The van der Waals surface area contributed by atoms with E-state index in [2.05, 4.69) is 27.1 Å². The van der Waals surface area contributed by atoms with Crippen LogP contribution in [-0.4, -0.2) is 61.8 Å². The number of anilines is 2. The highest BCUT2D eigenvalue weighted by Gasteiger charge is 2.21. The number of nitrogen functional groups attached to an aromatic ring is 1. The third-order valence-corrected chi connectivity index (χ3v) is 7.35. The summed E-state index contributed by atoms with van der Waals surface area (Å²) in [7, 11) is 1.30. The Morgan fingerprint density at radius 3 is 2.40 bits per heavy atom. The van der Waals surface area contributed by atoms with Gasteiger partial charge in [0, 0.05) is 36.6 Å². The number of amides is 1. The van der Waals surface area contributed by atoms with Crippen LogP contribution in [0.5, 0.6) is 5.75 Å². The fourth-order valence-corrected chi connectivity index (χ4v) is 5.02. The van der Waals surface area contributed by atoms with E-state index in [9.17, 15) is 9.59 Å². The molecule has 3 aromatic rings. The van der Waals surface area contributed by atoms with Crippen LogP contribution in [0.1, 0.15) is 42.4 Å². The zero-order valence-electron chi connectivity index (χ0n) is 24.1. The quantitative estimate of drug-likeness (QED) is 0.152. The van der Waals surface area contributed by atoms with E-state index in [-0.39, 0.29) is 24.9 Å². The Kier molecular flexibility index (Phi) is 10.1. The van der Waals surface area contributed by atoms with Crippen molar-refractivity contribution in [3.05, 3.63) is 89.5 Å². The predicted molar refractivity (Wildman–Crippen MR) is 164 cm³/mol. The van der Waals surface area contributed by atoms with Gasteiger partial charge in [-0.15, -0.1) is 0 Å². The van der Waals surface area contributed by atoms with Crippen LogP contribution in [0, 0.1) is 10.8 Å². The monoisotopic (exact) mass is 570 g/mol. The van der Waals surface area contributed by atoms with Crippen LogP contribution < -0.4 is 20.7 Å². The maximum atomic E-state index is 13.2. The molecule has 1 aliphatic rings. The molecule has 42 heavy (non-hydrogen) atoms. The number of hydrogen-bond acceptors (Lipinski definition) is 7.